The summed E-state index contributed by atoms with van der Waals surface area (Å²) in [4.78, 5) is 2.46. The molecule has 0 atom stereocenters. The molecule has 1 heterocycles. The molecule has 51 heavy (non-hydrogen) atoms. The maximum Gasteiger partial charge on any atom is 0.0561 e. The van der Waals surface area contributed by atoms with Crippen LogP contribution in [0, 0.1) is 0 Å². The second kappa shape index (κ2) is 11.3. The lowest BCUT2D eigenvalue weighted by Gasteiger charge is -2.30. The van der Waals surface area contributed by atoms with Crippen LogP contribution in [0.1, 0.15) is 25.0 Å². The molecule has 0 bridgehead atoms. The number of aromatic nitrogens is 1. The van der Waals surface area contributed by atoms with Gasteiger partial charge in [0.25, 0.3) is 0 Å². The molecule has 2 heteroatoms. The summed E-state index contributed by atoms with van der Waals surface area (Å²) in [6, 6.07) is 66.7. The van der Waals surface area contributed by atoms with Crippen molar-refractivity contribution in [3.05, 3.63) is 193 Å². The van der Waals surface area contributed by atoms with Crippen molar-refractivity contribution in [3.8, 4) is 27.9 Å². The monoisotopic (exact) mass is 652 g/mol. The standard InChI is InChI=1S/C49H36N2/c1-49(2)44-21-11-8-19-40(44)41-28-26-37(31-45(41)49)50(46-22-12-9-18-39(46)34-15-4-3-5-16-34)38-27-29-43-42-20-10-13-23-47(42)51(48(43)32-38)36-25-24-33-14-6-7-17-35(33)30-36/h3-32H,1-2H3. The van der Waals surface area contributed by atoms with E-state index in [1.165, 1.54) is 66.0 Å². The van der Waals surface area contributed by atoms with Gasteiger partial charge in [0, 0.05) is 38.8 Å². The first kappa shape index (κ1) is 29.5. The van der Waals surface area contributed by atoms with Crippen molar-refractivity contribution in [2.45, 2.75) is 19.3 Å². The van der Waals surface area contributed by atoms with E-state index in [0.29, 0.717) is 0 Å². The summed E-state index contributed by atoms with van der Waals surface area (Å²) in [6.07, 6.45) is 0. The van der Waals surface area contributed by atoms with Gasteiger partial charge in [0.05, 0.1) is 16.7 Å². The van der Waals surface area contributed by atoms with Gasteiger partial charge in [0.2, 0.25) is 0 Å². The number of hydrogen-bond donors (Lipinski definition) is 0. The quantitative estimate of drug-likeness (QED) is 0.180. The van der Waals surface area contributed by atoms with Crippen LogP contribution in [0.2, 0.25) is 0 Å². The lowest BCUT2D eigenvalue weighted by atomic mass is 9.82. The highest BCUT2D eigenvalue weighted by Crippen LogP contribution is 2.51. The second-order valence-corrected chi connectivity index (χ2v) is 14.2. The molecule has 242 valence electrons. The molecule has 10 rings (SSSR count). The Hall–Kier alpha value is -6.38. The molecule has 0 unspecified atom stereocenters. The Morgan fingerprint density at radius 1 is 0.431 bits per heavy atom. The Balaban J connectivity index is 1.24. The van der Waals surface area contributed by atoms with Crippen molar-refractivity contribution in [2.75, 3.05) is 4.90 Å². The van der Waals surface area contributed by atoms with Gasteiger partial charge >= 0.3 is 0 Å². The minimum atomic E-state index is -0.112. The van der Waals surface area contributed by atoms with E-state index >= 15 is 0 Å². The molecule has 0 saturated heterocycles. The molecule has 0 amide bonds. The SMILES string of the molecule is CC1(C)c2ccccc2-c2ccc(N(c3ccc4c5ccccc5n(-c5ccc6ccccc6c5)c4c3)c3ccccc3-c3ccccc3)cc21. The molecular formula is C49H36N2. The van der Waals surface area contributed by atoms with Crippen LogP contribution in [-0.4, -0.2) is 4.57 Å². The van der Waals surface area contributed by atoms with E-state index in [1.54, 1.807) is 0 Å². The number of fused-ring (bicyclic) bond motifs is 7. The van der Waals surface area contributed by atoms with Crippen molar-refractivity contribution < 1.29 is 0 Å². The van der Waals surface area contributed by atoms with Crippen molar-refractivity contribution in [1.82, 2.24) is 4.57 Å². The van der Waals surface area contributed by atoms with Gasteiger partial charge in [-0.25, -0.2) is 0 Å². The highest BCUT2D eigenvalue weighted by atomic mass is 15.1. The number of benzene rings is 8. The number of hydrogen-bond acceptors (Lipinski definition) is 1. The third-order valence-corrected chi connectivity index (χ3v) is 11.0. The maximum atomic E-state index is 2.46. The maximum absolute atomic E-state index is 2.46. The van der Waals surface area contributed by atoms with Crippen LogP contribution in [0.4, 0.5) is 17.1 Å². The summed E-state index contributed by atoms with van der Waals surface area (Å²) in [5.74, 6) is 0. The minimum Gasteiger partial charge on any atom is -0.310 e. The lowest BCUT2D eigenvalue weighted by Crippen LogP contribution is -2.17. The predicted octanol–water partition coefficient (Wildman–Crippen LogP) is 13.4. The second-order valence-electron chi connectivity index (χ2n) is 14.2. The van der Waals surface area contributed by atoms with Crippen LogP contribution in [0.5, 0.6) is 0 Å². The van der Waals surface area contributed by atoms with Gasteiger partial charge in [-0.05, 0) is 87.1 Å². The molecule has 2 nitrogen and oxygen atoms in total. The summed E-state index contributed by atoms with van der Waals surface area (Å²) >= 11 is 0. The van der Waals surface area contributed by atoms with Gasteiger partial charge in [-0.2, -0.15) is 0 Å². The summed E-state index contributed by atoms with van der Waals surface area (Å²) in [5, 5.41) is 4.97. The summed E-state index contributed by atoms with van der Waals surface area (Å²) < 4.78 is 2.43. The van der Waals surface area contributed by atoms with Crippen LogP contribution in [0.3, 0.4) is 0 Å². The van der Waals surface area contributed by atoms with Gasteiger partial charge in [-0.15, -0.1) is 0 Å². The van der Waals surface area contributed by atoms with E-state index in [2.05, 4.69) is 205 Å². The number of nitrogens with zero attached hydrogens (tertiary/aromatic N) is 2. The highest BCUT2D eigenvalue weighted by molar-refractivity contribution is 6.11. The van der Waals surface area contributed by atoms with Crippen molar-refractivity contribution in [3.63, 3.8) is 0 Å². The molecule has 0 radical (unpaired) electrons. The Morgan fingerprint density at radius 2 is 1.08 bits per heavy atom. The summed E-state index contributed by atoms with van der Waals surface area (Å²) in [7, 11) is 0. The molecule has 1 aliphatic rings. The van der Waals surface area contributed by atoms with Crippen molar-refractivity contribution in [1.29, 1.82) is 0 Å². The number of rotatable bonds is 5. The van der Waals surface area contributed by atoms with E-state index in [9.17, 15) is 0 Å². The Labute approximate surface area is 298 Å². The van der Waals surface area contributed by atoms with E-state index in [-0.39, 0.29) is 5.41 Å². The van der Waals surface area contributed by atoms with E-state index in [0.717, 1.165) is 22.7 Å². The molecule has 0 saturated carbocycles. The Morgan fingerprint density at radius 3 is 1.96 bits per heavy atom. The first-order chi connectivity index (χ1) is 25.1. The van der Waals surface area contributed by atoms with Crippen LogP contribution in [0.15, 0.2) is 182 Å². The fraction of sp³-hybridized carbons (Fsp3) is 0.0612. The Bertz CT molecular complexity index is 2790. The molecule has 1 aliphatic carbocycles. The molecule has 0 fully saturated rings. The van der Waals surface area contributed by atoms with E-state index in [4.69, 9.17) is 0 Å². The third kappa shape index (κ3) is 4.57. The average Bonchev–Trinajstić information content (AvgIpc) is 3.63. The third-order valence-electron chi connectivity index (χ3n) is 11.0. The van der Waals surface area contributed by atoms with Crippen LogP contribution in [-0.2, 0) is 5.41 Å². The molecule has 1 aromatic heterocycles. The first-order valence-electron chi connectivity index (χ1n) is 17.8. The van der Waals surface area contributed by atoms with Crippen LogP contribution in [0.25, 0.3) is 60.5 Å². The van der Waals surface area contributed by atoms with Crippen molar-refractivity contribution >= 4 is 49.6 Å². The van der Waals surface area contributed by atoms with Gasteiger partial charge in [-0.1, -0.05) is 147 Å². The van der Waals surface area contributed by atoms with Crippen LogP contribution >= 0.6 is 0 Å². The zero-order chi connectivity index (χ0) is 34.1. The zero-order valence-corrected chi connectivity index (χ0v) is 28.7. The fourth-order valence-electron chi connectivity index (χ4n) is 8.48. The first-order valence-corrected chi connectivity index (χ1v) is 17.8. The smallest absolute Gasteiger partial charge is 0.0561 e. The minimum absolute atomic E-state index is 0.112. The van der Waals surface area contributed by atoms with Gasteiger partial charge < -0.3 is 9.47 Å². The molecular weight excluding hydrogens is 617 g/mol. The average molecular weight is 653 g/mol. The fourth-order valence-corrected chi connectivity index (χ4v) is 8.48. The summed E-state index contributed by atoms with van der Waals surface area (Å²) in [6.45, 7) is 4.72. The zero-order valence-electron chi connectivity index (χ0n) is 28.7. The van der Waals surface area contributed by atoms with Crippen LogP contribution < -0.4 is 4.90 Å². The number of para-hydroxylation sites is 2. The largest absolute Gasteiger partial charge is 0.310 e. The van der Waals surface area contributed by atoms with Gasteiger partial charge in [0.15, 0.2) is 0 Å². The summed E-state index contributed by atoms with van der Waals surface area (Å²) in [5.41, 5.74) is 14.6. The molecule has 8 aromatic carbocycles. The number of anilines is 3. The Kier molecular flexibility index (Phi) is 6.56. The normalized spacial score (nSPS) is 13.1. The molecule has 0 spiro atoms. The van der Waals surface area contributed by atoms with E-state index < -0.39 is 0 Å². The molecule has 9 aromatic rings. The van der Waals surface area contributed by atoms with Crippen molar-refractivity contribution in [2.24, 2.45) is 0 Å². The predicted molar refractivity (Wildman–Crippen MR) is 216 cm³/mol. The van der Waals surface area contributed by atoms with Gasteiger partial charge in [-0.3, -0.25) is 0 Å². The highest BCUT2D eigenvalue weighted by Gasteiger charge is 2.36. The molecule has 0 aliphatic heterocycles. The topological polar surface area (TPSA) is 8.17 Å². The van der Waals surface area contributed by atoms with E-state index in [1.807, 2.05) is 0 Å². The lowest BCUT2D eigenvalue weighted by molar-refractivity contribution is 0.660. The molecule has 0 N–H and O–H groups in total. The van der Waals surface area contributed by atoms with Gasteiger partial charge in [0.1, 0.15) is 0 Å².